The van der Waals surface area contributed by atoms with E-state index in [-0.39, 0.29) is 48.5 Å². The highest BCUT2D eigenvalue weighted by atomic mass is 35.5. The molecule has 1 N–H and O–H groups in total. The Morgan fingerprint density at radius 1 is 1.23 bits per heavy atom. The van der Waals surface area contributed by atoms with Gasteiger partial charge in [-0.15, -0.1) is 24.8 Å². The van der Waals surface area contributed by atoms with Crippen LogP contribution in [0.3, 0.4) is 0 Å². The van der Waals surface area contributed by atoms with Crippen molar-refractivity contribution in [1.29, 1.82) is 0 Å². The van der Waals surface area contributed by atoms with E-state index in [2.05, 4.69) is 10.3 Å². The molecule has 1 aromatic heterocycles. The fourth-order valence-corrected chi connectivity index (χ4v) is 2.34. The molecular weight excluding hydrogens is 342 g/mol. The molecule has 0 aliphatic carbocycles. The topological polar surface area (TPSA) is 45.2 Å². The molecule has 1 saturated heterocycles. The standard InChI is InChI=1S/C13H16F3N3O.2ClH/c1-8-6-19(7-9(2)18-8)12(20)11-4-3-10(5-17-11)13(14,15)16;;/h3-5,8-9,18H,6-7H2,1-2H3;2*1H. The van der Waals surface area contributed by atoms with Crippen LogP contribution in [0, 0.1) is 0 Å². The van der Waals surface area contributed by atoms with Crippen molar-refractivity contribution in [3.63, 3.8) is 0 Å². The minimum atomic E-state index is -4.44. The van der Waals surface area contributed by atoms with Gasteiger partial charge >= 0.3 is 6.18 Å². The molecule has 1 aliphatic rings. The fraction of sp³-hybridized carbons (Fsp3) is 0.538. The second-order valence-corrected chi connectivity index (χ2v) is 5.11. The molecule has 0 spiro atoms. The number of piperazine rings is 1. The number of carbonyl (C=O) groups excluding carboxylic acids is 1. The number of hydrogen-bond donors (Lipinski definition) is 1. The largest absolute Gasteiger partial charge is 0.417 e. The summed E-state index contributed by atoms with van der Waals surface area (Å²) in [6.45, 7) is 4.95. The van der Waals surface area contributed by atoms with Crippen LogP contribution in [0.15, 0.2) is 18.3 Å². The molecule has 4 nitrogen and oxygen atoms in total. The van der Waals surface area contributed by atoms with E-state index in [1.165, 1.54) is 0 Å². The van der Waals surface area contributed by atoms with Crippen molar-refractivity contribution in [2.75, 3.05) is 13.1 Å². The molecule has 0 radical (unpaired) electrons. The van der Waals surface area contributed by atoms with Crippen molar-refractivity contribution < 1.29 is 18.0 Å². The molecule has 2 heterocycles. The maximum atomic E-state index is 12.4. The Morgan fingerprint density at radius 2 is 1.77 bits per heavy atom. The Labute approximate surface area is 139 Å². The maximum absolute atomic E-state index is 12.4. The monoisotopic (exact) mass is 359 g/mol. The maximum Gasteiger partial charge on any atom is 0.417 e. The first kappa shape index (κ1) is 20.9. The third-order valence-electron chi connectivity index (χ3n) is 3.15. The van der Waals surface area contributed by atoms with E-state index in [4.69, 9.17) is 0 Å². The molecule has 2 atom stereocenters. The normalized spacial score (nSPS) is 21.6. The van der Waals surface area contributed by atoms with Crippen LogP contribution in [0.5, 0.6) is 0 Å². The Bertz CT molecular complexity index is 486. The number of hydrogen-bond acceptors (Lipinski definition) is 3. The first-order valence-electron chi connectivity index (χ1n) is 6.36. The summed E-state index contributed by atoms with van der Waals surface area (Å²) in [5.41, 5.74) is -0.810. The van der Waals surface area contributed by atoms with E-state index >= 15 is 0 Å². The summed E-state index contributed by atoms with van der Waals surface area (Å²) in [5, 5.41) is 3.28. The van der Waals surface area contributed by atoms with Crippen molar-refractivity contribution in [2.24, 2.45) is 0 Å². The molecule has 0 saturated carbocycles. The van der Waals surface area contributed by atoms with E-state index in [9.17, 15) is 18.0 Å². The Kier molecular flexibility index (Phi) is 7.61. The lowest BCUT2D eigenvalue weighted by atomic mass is 10.1. The van der Waals surface area contributed by atoms with Gasteiger partial charge in [0.15, 0.2) is 0 Å². The summed E-state index contributed by atoms with van der Waals surface area (Å²) in [6, 6.07) is 2.31. The smallest absolute Gasteiger partial charge is 0.334 e. The lowest BCUT2D eigenvalue weighted by Gasteiger charge is -2.35. The molecule has 126 valence electrons. The van der Waals surface area contributed by atoms with Gasteiger partial charge in [-0.25, -0.2) is 0 Å². The number of nitrogens with one attached hydrogen (secondary N) is 1. The fourth-order valence-electron chi connectivity index (χ4n) is 2.34. The zero-order chi connectivity index (χ0) is 14.9. The molecule has 9 heteroatoms. The zero-order valence-corrected chi connectivity index (χ0v) is 13.7. The average molecular weight is 360 g/mol. The number of carbonyl (C=O) groups is 1. The highest BCUT2D eigenvalue weighted by Gasteiger charge is 2.31. The summed E-state index contributed by atoms with van der Waals surface area (Å²) < 4.78 is 37.3. The number of rotatable bonds is 1. The summed E-state index contributed by atoms with van der Waals surface area (Å²) in [5.74, 6) is -0.334. The van der Waals surface area contributed by atoms with Crippen molar-refractivity contribution in [3.8, 4) is 0 Å². The van der Waals surface area contributed by atoms with Crippen LogP contribution in [0.4, 0.5) is 13.2 Å². The van der Waals surface area contributed by atoms with Gasteiger partial charge in [-0.1, -0.05) is 0 Å². The Hall–Kier alpha value is -1.05. The highest BCUT2D eigenvalue weighted by molar-refractivity contribution is 5.92. The Balaban J connectivity index is 0.00000220. The van der Waals surface area contributed by atoms with Crippen LogP contribution in [0.25, 0.3) is 0 Å². The first-order chi connectivity index (χ1) is 9.27. The van der Waals surface area contributed by atoms with Gasteiger partial charge in [0, 0.05) is 31.4 Å². The summed E-state index contributed by atoms with van der Waals surface area (Å²) in [7, 11) is 0. The van der Waals surface area contributed by atoms with Gasteiger partial charge in [0.1, 0.15) is 5.69 Å². The molecule has 2 rings (SSSR count). The molecule has 2 unspecified atom stereocenters. The van der Waals surface area contributed by atoms with Crippen LogP contribution in [0.2, 0.25) is 0 Å². The van der Waals surface area contributed by atoms with Crippen molar-refractivity contribution >= 4 is 30.7 Å². The summed E-state index contributed by atoms with van der Waals surface area (Å²) in [6.07, 6.45) is -3.74. The van der Waals surface area contributed by atoms with Gasteiger partial charge in [-0.3, -0.25) is 9.78 Å². The molecule has 22 heavy (non-hydrogen) atoms. The second-order valence-electron chi connectivity index (χ2n) is 5.11. The lowest BCUT2D eigenvalue weighted by Crippen LogP contribution is -2.55. The van der Waals surface area contributed by atoms with Gasteiger partial charge < -0.3 is 10.2 Å². The average Bonchev–Trinajstić information content (AvgIpc) is 2.36. The summed E-state index contributed by atoms with van der Waals surface area (Å²) >= 11 is 0. The molecule has 0 bridgehead atoms. The lowest BCUT2D eigenvalue weighted by molar-refractivity contribution is -0.137. The minimum absolute atomic E-state index is 0. The van der Waals surface area contributed by atoms with Crippen LogP contribution in [-0.2, 0) is 6.18 Å². The minimum Gasteiger partial charge on any atom is -0.334 e. The van der Waals surface area contributed by atoms with E-state index in [0.29, 0.717) is 19.3 Å². The SMILES string of the molecule is CC1CN(C(=O)c2ccc(C(F)(F)F)cn2)CC(C)N1.Cl.Cl. The molecule has 1 amide bonds. The van der Waals surface area contributed by atoms with Crippen molar-refractivity contribution in [2.45, 2.75) is 32.1 Å². The van der Waals surface area contributed by atoms with Gasteiger partial charge in [0.2, 0.25) is 0 Å². The molecule has 1 aromatic rings. The zero-order valence-electron chi connectivity index (χ0n) is 12.1. The first-order valence-corrected chi connectivity index (χ1v) is 6.36. The summed E-state index contributed by atoms with van der Waals surface area (Å²) in [4.78, 5) is 17.5. The number of alkyl halides is 3. The number of halogens is 5. The van der Waals surface area contributed by atoms with Gasteiger partial charge in [0.25, 0.3) is 5.91 Å². The van der Waals surface area contributed by atoms with E-state index in [1.807, 2.05) is 13.8 Å². The van der Waals surface area contributed by atoms with E-state index < -0.39 is 11.7 Å². The Morgan fingerprint density at radius 3 is 2.18 bits per heavy atom. The number of aromatic nitrogens is 1. The van der Waals surface area contributed by atoms with Crippen LogP contribution in [0.1, 0.15) is 29.9 Å². The molecular formula is C13H18Cl2F3N3O. The van der Waals surface area contributed by atoms with Crippen molar-refractivity contribution in [1.82, 2.24) is 15.2 Å². The number of amides is 1. The number of pyridine rings is 1. The molecule has 1 aliphatic heterocycles. The van der Waals surface area contributed by atoms with Crippen LogP contribution >= 0.6 is 24.8 Å². The predicted molar refractivity (Wildman–Crippen MR) is 81.7 cm³/mol. The molecule has 0 aromatic carbocycles. The molecule has 1 fully saturated rings. The van der Waals surface area contributed by atoms with Gasteiger partial charge in [-0.05, 0) is 26.0 Å². The van der Waals surface area contributed by atoms with Gasteiger partial charge in [0.05, 0.1) is 5.56 Å². The number of nitrogens with zero attached hydrogens (tertiary/aromatic N) is 2. The third kappa shape index (κ3) is 5.00. The van der Waals surface area contributed by atoms with Crippen molar-refractivity contribution in [3.05, 3.63) is 29.6 Å². The highest BCUT2D eigenvalue weighted by Crippen LogP contribution is 2.28. The van der Waals surface area contributed by atoms with Crippen LogP contribution < -0.4 is 5.32 Å². The van der Waals surface area contributed by atoms with E-state index in [1.54, 1.807) is 4.90 Å². The van der Waals surface area contributed by atoms with Gasteiger partial charge in [-0.2, -0.15) is 13.2 Å². The quantitative estimate of drug-likeness (QED) is 0.838. The van der Waals surface area contributed by atoms with E-state index in [0.717, 1.165) is 12.1 Å². The third-order valence-corrected chi connectivity index (χ3v) is 3.15. The predicted octanol–water partition coefficient (Wildman–Crippen LogP) is 2.77. The second kappa shape index (κ2) is 7.99. The van der Waals surface area contributed by atoms with Crippen LogP contribution in [-0.4, -0.2) is 41.0 Å².